The lowest BCUT2D eigenvalue weighted by Gasteiger charge is -2.20. The number of aromatic hydroxyl groups is 1. The minimum atomic E-state index is -4.64. The molecule has 10 aromatic carbocycles. The van der Waals surface area contributed by atoms with E-state index < -0.39 is 145 Å². The second kappa shape index (κ2) is 41.3. The summed E-state index contributed by atoms with van der Waals surface area (Å²) in [5, 5.41) is 8.99. The summed E-state index contributed by atoms with van der Waals surface area (Å²) in [6, 6.07) is 26.4. The molecule has 1 saturated heterocycles. The molecule has 26 heteroatoms. The van der Waals surface area contributed by atoms with Gasteiger partial charge in [-0.25, -0.2) is 74.6 Å². The van der Waals surface area contributed by atoms with Crippen molar-refractivity contribution in [2.45, 2.75) is 122 Å². The van der Waals surface area contributed by atoms with Crippen molar-refractivity contribution >= 4 is 15.9 Å². The Kier molecular flexibility index (Phi) is 32.9. The molecule has 0 unspecified atom stereocenters. The SMILES string of the molecule is C1CCOC1.CCCCCc1ccc(-c2cc(F)c(C(F)(F)Br)c(F)c2)c(F)c1.CCCCCc1ccc(-c2cc(F)c(C(F)(F)Oc3ccc(-c4cc(F)c(F)c(F)c4)c(F)c3)c(F)c2)c(F)c1.CCCCCc1ccc(-c2cc(F)cc(F)c2)c(F)c1.Oc1ccc(-c2cc(F)c(F)c(F)c2)c(F)c1.[2H]CF. The maximum atomic E-state index is 14.8. The third kappa shape index (κ3) is 24.9. The smallest absolute Gasteiger partial charge is 0.432 e. The van der Waals surface area contributed by atoms with Crippen molar-refractivity contribution in [3.63, 3.8) is 0 Å². The fourth-order valence-corrected chi connectivity index (χ4v) is 11.3. The molecule has 0 radical (unpaired) electrons. The summed E-state index contributed by atoms with van der Waals surface area (Å²) in [4.78, 5) is -3.83. The molecule has 1 heterocycles. The molecule has 0 amide bonds. The highest BCUT2D eigenvalue weighted by atomic mass is 79.9. The molecule has 1 aliphatic rings. The van der Waals surface area contributed by atoms with Gasteiger partial charge in [0.15, 0.2) is 34.9 Å². The van der Waals surface area contributed by atoms with Gasteiger partial charge in [-0.2, -0.15) is 17.6 Å². The van der Waals surface area contributed by atoms with E-state index in [0.29, 0.717) is 73.0 Å². The van der Waals surface area contributed by atoms with E-state index in [2.05, 4.69) is 18.6 Å². The van der Waals surface area contributed by atoms with E-state index in [-0.39, 0.29) is 50.3 Å². The zero-order valence-electron chi connectivity index (χ0n) is 59.0. The quantitative estimate of drug-likeness (QED) is 0.0337. The van der Waals surface area contributed by atoms with Crippen LogP contribution in [0.5, 0.6) is 11.5 Å². The minimum Gasteiger partial charge on any atom is -0.508 e. The van der Waals surface area contributed by atoms with Crippen molar-refractivity contribution in [1.82, 2.24) is 0 Å². The largest absolute Gasteiger partial charge is 0.508 e. The fraction of sp³-hybridized carbons (Fsp3) is 0.268. The van der Waals surface area contributed by atoms with E-state index in [1.54, 1.807) is 18.2 Å². The van der Waals surface area contributed by atoms with Crippen LogP contribution in [0.15, 0.2) is 158 Å². The van der Waals surface area contributed by atoms with E-state index in [0.717, 1.165) is 137 Å². The van der Waals surface area contributed by atoms with Gasteiger partial charge in [0.05, 0.1) is 8.52 Å². The van der Waals surface area contributed by atoms with Crippen molar-refractivity contribution in [2.75, 3.05) is 20.4 Å². The third-order valence-electron chi connectivity index (χ3n) is 16.3. The van der Waals surface area contributed by atoms with E-state index in [1.807, 2.05) is 28.9 Å². The van der Waals surface area contributed by atoms with Gasteiger partial charge in [0.25, 0.3) is 0 Å². The molecule has 108 heavy (non-hydrogen) atoms. The highest BCUT2D eigenvalue weighted by molar-refractivity contribution is 9.09. The van der Waals surface area contributed by atoms with Gasteiger partial charge >= 0.3 is 10.9 Å². The number of hydrogen-bond acceptors (Lipinski definition) is 3. The Morgan fingerprint density at radius 3 is 0.963 bits per heavy atom. The van der Waals surface area contributed by atoms with E-state index in [1.165, 1.54) is 43.2 Å². The first kappa shape index (κ1) is 85.9. The van der Waals surface area contributed by atoms with Crippen LogP contribution in [-0.4, -0.2) is 25.5 Å². The van der Waals surface area contributed by atoms with Crippen LogP contribution in [0, 0.1) is 98.9 Å². The number of halogens is 23. The van der Waals surface area contributed by atoms with Crippen LogP contribution in [-0.2, 0) is 34.9 Å². The van der Waals surface area contributed by atoms with Crippen LogP contribution in [0.3, 0.4) is 0 Å². The number of aryl methyl sites for hydroxylation is 3. The van der Waals surface area contributed by atoms with Gasteiger partial charge in [-0.15, -0.1) is 0 Å². The summed E-state index contributed by atoms with van der Waals surface area (Å²) in [7, 11) is -1.00. The number of phenols is 1. The van der Waals surface area contributed by atoms with Gasteiger partial charge in [-0.1, -0.05) is 95.7 Å². The molecule has 11 rings (SSSR count). The van der Waals surface area contributed by atoms with E-state index in [4.69, 9.17) is 11.2 Å². The first-order chi connectivity index (χ1) is 51.6. The summed E-state index contributed by atoms with van der Waals surface area (Å²) in [6.45, 7) is 8.19. The minimum absolute atomic E-state index is 0.0310. The number of benzene rings is 10. The molecule has 0 aromatic heterocycles. The lowest BCUT2D eigenvalue weighted by atomic mass is 9.99. The summed E-state index contributed by atoms with van der Waals surface area (Å²) in [5.74, 6) is -22.3. The van der Waals surface area contributed by atoms with E-state index in [9.17, 15) is 96.6 Å². The predicted octanol–water partition coefficient (Wildman–Crippen LogP) is 27.3. The molecule has 0 spiro atoms. The molecule has 0 aliphatic carbocycles. The molecule has 578 valence electrons. The molecule has 3 nitrogen and oxygen atoms in total. The lowest BCUT2D eigenvalue weighted by molar-refractivity contribution is -0.189. The Morgan fingerprint density at radius 2 is 0.667 bits per heavy atom. The molecular weight excluding hydrogens is 1530 g/mol. The third-order valence-corrected chi connectivity index (χ3v) is 16.7. The van der Waals surface area contributed by atoms with Crippen LogP contribution < -0.4 is 4.74 Å². The normalized spacial score (nSPS) is 11.9. The summed E-state index contributed by atoms with van der Waals surface area (Å²) < 4.78 is 314. The highest BCUT2D eigenvalue weighted by Gasteiger charge is 2.42. The summed E-state index contributed by atoms with van der Waals surface area (Å²) in [6.07, 6.45) is 9.04. The topological polar surface area (TPSA) is 38.7 Å². The Labute approximate surface area is 619 Å². The van der Waals surface area contributed by atoms with Crippen LogP contribution >= 0.6 is 15.9 Å². The second-order valence-corrected chi connectivity index (χ2v) is 25.3. The van der Waals surface area contributed by atoms with Crippen LogP contribution in [0.2, 0.25) is 0 Å². The van der Waals surface area contributed by atoms with E-state index >= 15 is 0 Å². The molecule has 10 aromatic rings. The number of unbranched alkanes of at least 4 members (excludes halogenated alkanes) is 6. The summed E-state index contributed by atoms with van der Waals surface area (Å²) >= 11 is 1.94. The van der Waals surface area contributed by atoms with Gasteiger partial charge in [0.2, 0.25) is 0 Å². The van der Waals surface area contributed by atoms with Crippen molar-refractivity contribution in [3.8, 4) is 67.1 Å². The Morgan fingerprint density at radius 1 is 0.370 bits per heavy atom. The molecule has 0 bridgehead atoms. The van der Waals surface area contributed by atoms with Gasteiger partial charge in [-0.05, 0) is 215 Å². The Hall–Kier alpha value is -9.30. The number of phenolic OH excluding ortho intramolecular Hbond substituents is 1. The lowest BCUT2D eigenvalue weighted by Crippen LogP contribution is -2.25. The number of rotatable bonds is 21. The second-order valence-electron chi connectivity index (χ2n) is 24.4. The van der Waals surface area contributed by atoms with Crippen molar-refractivity contribution < 1.29 is 113 Å². The van der Waals surface area contributed by atoms with Gasteiger partial charge < -0.3 is 14.6 Å². The fourth-order valence-electron chi connectivity index (χ4n) is 11.0. The van der Waals surface area contributed by atoms with Crippen LogP contribution in [0.25, 0.3) is 55.6 Å². The monoisotopic (exact) mass is 1600 g/mol. The van der Waals surface area contributed by atoms with Gasteiger partial charge in [-0.3, -0.25) is 4.39 Å². The number of alkyl halides is 6. The standard InChI is InChI=1S/C30H21F9O.C18H16BrF5.C17H17F3.C12H6F4O.C4H8O.CH3F/c1-2-3-4-5-16-6-8-20(22(31)10-16)17-11-24(33)28(25(34)12-17)30(38,39)40-19-7-9-21(23(32)15-19)18-13-26(35)29(37)27(36)14-18;1-2-3-4-5-11-6-7-13(14(20)8-11)12-9-15(21)17(16(22)10-12)18(19,23)24;1-2-3-4-5-12-6-7-16(17(20)8-12)13-9-14(18)11-15(19)10-13;13-9-5-7(17)1-2-8(9)6-3-10(14)12(16)11(15)4-6;1-2-4-5-3-1;1-2/h6-15H,2-5H2,1H3;6-10H,2-5H2,1H3;6-11H,2-5H2,1H3;1-5,17H;1-4H2;1H3/i;;;;;1D. The average Bonchev–Trinajstić information content (AvgIpc) is 0.894. The maximum absolute atomic E-state index is 14.8. The molecule has 0 saturated carbocycles. The van der Waals surface area contributed by atoms with Gasteiger partial charge in [0.1, 0.15) is 86.6 Å². The number of hydrogen-bond donors (Lipinski definition) is 1. The van der Waals surface area contributed by atoms with Crippen molar-refractivity contribution in [3.05, 3.63) is 284 Å². The Bertz CT molecular complexity index is 4540. The molecule has 1 aliphatic heterocycles. The van der Waals surface area contributed by atoms with Crippen molar-refractivity contribution in [2.24, 2.45) is 0 Å². The molecule has 1 fully saturated rings. The molecule has 0 atom stereocenters. The zero-order chi connectivity index (χ0) is 80.4. The maximum Gasteiger partial charge on any atom is 0.432 e. The van der Waals surface area contributed by atoms with Crippen LogP contribution in [0.1, 0.15) is 121 Å². The first-order valence-corrected chi connectivity index (χ1v) is 34.4. The number of ether oxygens (including phenoxy) is 2. The van der Waals surface area contributed by atoms with Gasteiger partial charge in [0, 0.05) is 59.2 Å². The average molecular weight is 1600 g/mol. The molecule has 1 N–H and O–H groups in total. The first-order valence-electron chi connectivity index (χ1n) is 34.3. The summed E-state index contributed by atoms with van der Waals surface area (Å²) in [5.41, 5.74) is -2.19. The highest BCUT2D eigenvalue weighted by Crippen LogP contribution is 2.42. The van der Waals surface area contributed by atoms with Crippen molar-refractivity contribution in [1.29, 1.82) is 0 Å². The Balaban J connectivity index is 0.000000231. The predicted molar refractivity (Wildman–Crippen MR) is 374 cm³/mol. The molecular formula is C82H71BrF22O3. The zero-order valence-corrected chi connectivity index (χ0v) is 59.6. The van der Waals surface area contributed by atoms with Crippen LogP contribution in [0.4, 0.5) is 96.6 Å².